The van der Waals surface area contributed by atoms with Gasteiger partial charge in [-0.15, -0.1) is 0 Å². The molecule has 0 saturated heterocycles. The second kappa shape index (κ2) is 6.91. The molecule has 10 heteroatoms. The van der Waals surface area contributed by atoms with Crippen molar-refractivity contribution in [1.29, 1.82) is 0 Å². The van der Waals surface area contributed by atoms with Crippen LogP contribution in [0.3, 0.4) is 0 Å². The van der Waals surface area contributed by atoms with Gasteiger partial charge in [0.05, 0.1) is 34.8 Å². The zero-order valence-corrected chi connectivity index (χ0v) is 14.6. The van der Waals surface area contributed by atoms with Crippen molar-refractivity contribution in [3.63, 3.8) is 0 Å². The number of non-ortho nitro benzene ring substituents is 1. The van der Waals surface area contributed by atoms with Crippen LogP contribution in [-0.4, -0.2) is 31.7 Å². The molecule has 0 aliphatic heterocycles. The van der Waals surface area contributed by atoms with E-state index in [2.05, 4.69) is 15.1 Å². The fraction of sp³-hybridized carbons (Fsp3) is 0.111. The molecule has 10 nitrogen and oxygen atoms in total. The SMILES string of the molecule is COc1ccccc1-c1noc(Cn2cnc3ccc([N+](=O)[O-])cc3c2=O)n1. The molecular weight excluding hydrogens is 366 g/mol. The number of ether oxygens (including phenoxy) is 1. The Bertz CT molecular complexity index is 1250. The quantitative estimate of drug-likeness (QED) is 0.382. The molecule has 0 unspecified atom stereocenters. The Morgan fingerprint density at radius 1 is 1.25 bits per heavy atom. The van der Waals surface area contributed by atoms with Crippen LogP contribution < -0.4 is 10.3 Å². The highest BCUT2D eigenvalue weighted by atomic mass is 16.6. The van der Waals surface area contributed by atoms with Gasteiger partial charge in [-0.2, -0.15) is 4.98 Å². The molecule has 4 rings (SSSR count). The Labute approximate surface area is 157 Å². The topological polar surface area (TPSA) is 126 Å². The Kier molecular flexibility index (Phi) is 4.28. The van der Waals surface area contributed by atoms with Crippen molar-refractivity contribution in [1.82, 2.24) is 19.7 Å². The van der Waals surface area contributed by atoms with Crippen molar-refractivity contribution >= 4 is 16.6 Å². The zero-order chi connectivity index (χ0) is 19.7. The lowest BCUT2D eigenvalue weighted by molar-refractivity contribution is -0.384. The summed E-state index contributed by atoms with van der Waals surface area (Å²) in [6.07, 6.45) is 1.34. The van der Waals surface area contributed by atoms with Crippen LogP contribution in [0.1, 0.15) is 5.89 Å². The van der Waals surface area contributed by atoms with Gasteiger partial charge < -0.3 is 9.26 Å². The van der Waals surface area contributed by atoms with Crippen molar-refractivity contribution in [2.24, 2.45) is 0 Å². The van der Waals surface area contributed by atoms with Gasteiger partial charge in [0.25, 0.3) is 11.2 Å². The van der Waals surface area contributed by atoms with Gasteiger partial charge in [0, 0.05) is 12.1 Å². The summed E-state index contributed by atoms with van der Waals surface area (Å²) in [6, 6.07) is 11.1. The highest BCUT2D eigenvalue weighted by Gasteiger charge is 2.15. The Balaban J connectivity index is 1.69. The normalized spacial score (nSPS) is 10.9. The second-order valence-electron chi connectivity index (χ2n) is 5.85. The first kappa shape index (κ1) is 17.3. The Morgan fingerprint density at radius 3 is 2.86 bits per heavy atom. The molecule has 0 fully saturated rings. The molecule has 0 aliphatic rings. The summed E-state index contributed by atoms with van der Waals surface area (Å²) in [5, 5.41) is 15.0. The van der Waals surface area contributed by atoms with E-state index in [4.69, 9.17) is 9.26 Å². The third kappa shape index (κ3) is 3.07. The number of para-hydroxylation sites is 1. The van der Waals surface area contributed by atoms with Gasteiger partial charge in [-0.05, 0) is 18.2 Å². The molecule has 0 N–H and O–H groups in total. The van der Waals surface area contributed by atoms with E-state index >= 15 is 0 Å². The smallest absolute Gasteiger partial charge is 0.270 e. The molecule has 2 aromatic heterocycles. The molecule has 2 aromatic carbocycles. The minimum atomic E-state index is -0.562. The molecule has 28 heavy (non-hydrogen) atoms. The summed E-state index contributed by atoms with van der Waals surface area (Å²) < 4.78 is 11.8. The Morgan fingerprint density at radius 2 is 2.07 bits per heavy atom. The van der Waals surface area contributed by atoms with Crippen LogP contribution >= 0.6 is 0 Å². The number of hydrogen-bond donors (Lipinski definition) is 0. The lowest BCUT2D eigenvalue weighted by atomic mass is 10.2. The van der Waals surface area contributed by atoms with Crippen molar-refractivity contribution < 1.29 is 14.2 Å². The maximum Gasteiger partial charge on any atom is 0.270 e. The van der Waals surface area contributed by atoms with Crippen LogP contribution in [0.5, 0.6) is 5.75 Å². The van der Waals surface area contributed by atoms with Gasteiger partial charge in [0.15, 0.2) is 0 Å². The molecule has 140 valence electrons. The lowest BCUT2D eigenvalue weighted by Crippen LogP contribution is -2.21. The van der Waals surface area contributed by atoms with Crippen LogP contribution in [0.4, 0.5) is 5.69 Å². The van der Waals surface area contributed by atoms with Crippen LogP contribution in [0.15, 0.2) is 58.1 Å². The molecule has 0 atom stereocenters. The van der Waals surface area contributed by atoms with Gasteiger partial charge in [0.1, 0.15) is 12.3 Å². The minimum absolute atomic E-state index is 0.0212. The van der Waals surface area contributed by atoms with Crippen LogP contribution in [-0.2, 0) is 6.54 Å². The van der Waals surface area contributed by atoms with Crippen molar-refractivity contribution in [3.05, 3.63) is 75.2 Å². The highest BCUT2D eigenvalue weighted by molar-refractivity contribution is 5.79. The van der Waals surface area contributed by atoms with E-state index in [-0.39, 0.29) is 23.5 Å². The summed E-state index contributed by atoms with van der Waals surface area (Å²) >= 11 is 0. The van der Waals surface area contributed by atoms with Gasteiger partial charge in [-0.3, -0.25) is 19.5 Å². The first-order chi connectivity index (χ1) is 13.6. The number of hydrogen-bond acceptors (Lipinski definition) is 8. The maximum atomic E-state index is 12.7. The highest BCUT2D eigenvalue weighted by Crippen LogP contribution is 2.27. The van der Waals surface area contributed by atoms with Gasteiger partial charge in [-0.1, -0.05) is 17.3 Å². The van der Waals surface area contributed by atoms with E-state index in [1.54, 1.807) is 19.2 Å². The summed E-state index contributed by atoms with van der Waals surface area (Å²) in [6.45, 7) is -0.0212. The summed E-state index contributed by atoms with van der Waals surface area (Å²) in [7, 11) is 1.54. The van der Waals surface area contributed by atoms with Crippen molar-refractivity contribution in [3.8, 4) is 17.1 Å². The molecule has 0 bridgehead atoms. The van der Waals surface area contributed by atoms with E-state index in [9.17, 15) is 14.9 Å². The molecule has 0 radical (unpaired) electrons. The molecule has 0 spiro atoms. The van der Waals surface area contributed by atoms with Crippen molar-refractivity contribution in [2.75, 3.05) is 7.11 Å². The van der Waals surface area contributed by atoms with Gasteiger partial charge >= 0.3 is 0 Å². The van der Waals surface area contributed by atoms with E-state index in [1.165, 1.54) is 29.1 Å². The first-order valence-electron chi connectivity index (χ1n) is 8.16. The van der Waals surface area contributed by atoms with Crippen LogP contribution in [0, 0.1) is 10.1 Å². The summed E-state index contributed by atoms with van der Waals surface area (Å²) in [5.41, 5.74) is 0.401. The number of aromatic nitrogens is 4. The largest absolute Gasteiger partial charge is 0.496 e. The Hall–Kier alpha value is -4.08. The number of benzene rings is 2. The number of nitrogens with zero attached hydrogens (tertiary/aromatic N) is 5. The summed E-state index contributed by atoms with van der Waals surface area (Å²) in [5.74, 6) is 1.10. The van der Waals surface area contributed by atoms with Crippen LogP contribution in [0.25, 0.3) is 22.3 Å². The van der Waals surface area contributed by atoms with E-state index in [0.29, 0.717) is 22.7 Å². The van der Waals surface area contributed by atoms with Crippen LogP contribution in [0.2, 0.25) is 0 Å². The molecular formula is C18H13N5O5. The van der Waals surface area contributed by atoms with E-state index in [1.807, 2.05) is 12.1 Å². The number of nitro groups is 1. The minimum Gasteiger partial charge on any atom is -0.496 e. The van der Waals surface area contributed by atoms with E-state index in [0.717, 1.165) is 0 Å². The average Bonchev–Trinajstić information content (AvgIpc) is 3.18. The van der Waals surface area contributed by atoms with Gasteiger partial charge in [0.2, 0.25) is 11.7 Å². The monoisotopic (exact) mass is 379 g/mol. The molecule has 0 aliphatic carbocycles. The average molecular weight is 379 g/mol. The predicted molar refractivity (Wildman–Crippen MR) is 98.0 cm³/mol. The van der Waals surface area contributed by atoms with Gasteiger partial charge in [-0.25, -0.2) is 4.98 Å². The molecule has 0 amide bonds. The fourth-order valence-electron chi connectivity index (χ4n) is 2.78. The molecule has 0 saturated carbocycles. The summed E-state index contributed by atoms with van der Waals surface area (Å²) in [4.78, 5) is 31.5. The molecule has 4 aromatic rings. The maximum absolute atomic E-state index is 12.7. The number of rotatable bonds is 5. The number of methoxy groups -OCH3 is 1. The standard InChI is InChI=1S/C18H13N5O5/c1-27-15-5-3-2-4-12(15)17-20-16(28-21-17)9-22-10-19-14-7-6-11(23(25)26)8-13(14)18(22)24/h2-8,10H,9H2,1H3. The lowest BCUT2D eigenvalue weighted by Gasteiger charge is -2.04. The predicted octanol–water partition coefficient (Wildman–Crippen LogP) is 2.41. The first-order valence-corrected chi connectivity index (χ1v) is 8.16. The zero-order valence-electron chi connectivity index (χ0n) is 14.6. The number of fused-ring (bicyclic) bond motifs is 1. The third-order valence-electron chi connectivity index (χ3n) is 4.14. The second-order valence-corrected chi connectivity index (χ2v) is 5.85. The van der Waals surface area contributed by atoms with Crippen molar-refractivity contribution in [2.45, 2.75) is 6.54 Å². The third-order valence-corrected chi connectivity index (χ3v) is 4.14. The number of nitro benzene ring substituents is 1. The molecule has 2 heterocycles. The van der Waals surface area contributed by atoms with E-state index < -0.39 is 10.5 Å². The fourth-order valence-corrected chi connectivity index (χ4v) is 2.78.